The Labute approximate surface area is 152 Å². The molecule has 0 aliphatic carbocycles. The predicted octanol–water partition coefficient (Wildman–Crippen LogP) is 2.92. The molecule has 0 saturated heterocycles. The van der Waals surface area contributed by atoms with Crippen molar-refractivity contribution in [1.29, 1.82) is 0 Å². The first-order valence-corrected chi connectivity index (χ1v) is 8.34. The number of aryl methyl sites for hydroxylation is 1. The summed E-state index contributed by atoms with van der Waals surface area (Å²) in [5.74, 6) is -0.478. The van der Waals surface area contributed by atoms with Crippen LogP contribution < -0.4 is 10.9 Å². The summed E-state index contributed by atoms with van der Waals surface area (Å²) in [7, 11) is 0. The predicted molar refractivity (Wildman–Crippen MR) is 92.4 cm³/mol. The molecule has 2 heterocycles. The zero-order chi connectivity index (χ0) is 19.6. The van der Waals surface area contributed by atoms with Crippen LogP contribution in [0.5, 0.6) is 0 Å². The van der Waals surface area contributed by atoms with Gasteiger partial charge in [-0.05, 0) is 24.1 Å². The Balaban J connectivity index is 1.77. The van der Waals surface area contributed by atoms with Gasteiger partial charge in [-0.3, -0.25) is 14.7 Å². The number of carbonyl (C=O) groups excluding carboxylic acids is 1. The van der Waals surface area contributed by atoms with E-state index in [0.29, 0.717) is 17.7 Å². The first-order valence-electron chi connectivity index (χ1n) is 8.34. The molecule has 1 amide bonds. The van der Waals surface area contributed by atoms with E-state index in [4.69, 9.17) is 0 Å². The summed E-state index contributed by atoms with van der Waals surface area (Å²) in [6, 6.07) is 5.95. The molecule has 3 rings (SSSR count). The van der Waals surface area contributed by atoms with Crippen LogP contribution in [0, 0.1) is 0 Å². The smallest absolute Gasteiger partial charge is 0.348 e. The molecular formula is C18H17F3N4O2. The highest BCUT2D eigenvalue weighted by Gasteiger charge is 2.29. The van der Waals surface area contributed by atoms with Crippen molar-refractivity contribution in [2.24, 2.45) is 0 Å². The molecule has 0 radical (unpaired) electrons. The summed E-state index contributed by atoms with van der Waals surface area (Å²) in [4.78, 5) is 28.9. The van der Waals surface area contributed by atoms with Gasteiger partial charge in [-0.1, -0.05) is 25.5 Å². The van der Waals surface area contributed by atoms with E-state index in [2.05, 4.69) is 15.4 Å². The number of amides is 1. The standard InChI is InChI=1S/C18H17F3N4O2/c1-2-3-13-8-15(26)25-16(24-13)14(10-23-25)17(27)22-9-11-4-6-12(7-5-11)18(19,20)21/h4-8,10,23H,2-3,9H2,1H3,(H,22,27). The van der Waals surface area contributed by atoms with E-state index in [9.17, 15) is 22.8 Å². The monoisotopic (exact) mass is 378 g/mol. The normalized spacial score (nSPS) is 11.7. The fourth-order valence-electron chi connectivity index (χ4n) is 2.67. The summed E-state index contributed by atoms with van der Waals surface area (Å²) >= 11 is 0. The van der Waals surface area contributed by atoms with Gasteiger partial charge in [0.2, 0.25) is 0 Å². The lowest BCUT2D eigenvalue weighted by atomic mass is 10.1. The second-order valence-electron chi connectivity index (χ2n) is 6.06. The number of halogens is 3. The van der Waals surface area contributed by atoms with Crippen LogP contribution in [-0.2, 0) is 19.1 Å². The van der Waals surface area contributed by atoms with Crippen LogP contribution in [0.15, 0.2) is 41.3 Å². The molecule has 0 atom stereocenters. The Morgan fingerprint density at radius 1 is 1.26 bits per heavy atom. The van der Waals surface area contributed by atoms with Crippen molar-refractivity contribution in [3.63, 3.8) is 0 Å². The molecule has 2 aromatic heterocycles. The number of aromatic amines is 1. The summed E-state index contributed by atoms with van der Waals surface area (Å²) in [5, 5.41) is 5.31. The summed E-state index contributed by atoms with van der Waals surface area (Å²) in [5.41, 5.74) is 0.464. The third kappa shape index (κ3) is 4.02. The number of hydrogen-bond acceptors (Lipinski definition) is 3. The Hall–Kier alpha value is -3.10. The van der Waals surface area contributed by atoms with Crippen LogP contribution in [-0.4, -0.2) is 20.5 Å². The molecule has 27 heavy (non-hydrogen) atoms. The number of hydrogen-bond donors (Lipinski definition) is 2. The van der Waals surface area contributed by atoms with E-state index in [-0.39, 0.29) is 23.3 Å². The second kappa shape index (κ2) is 7.26. The van der Waals surface area contributed by atoms with Crippen molar-refractivity contribution in [2.45, 2.75) is 32.5 Å². The van der Waals surface area contributed by atoms with Crippen LogP contribution in [0.25, 0.3) is 5.65 Å². The lowest BCUT2D eigenvalue weighted by Crippen LogP contribution is -2.23. The quantitative estimate of drug-likeness (QED) is 0.717. The molecule has 0 saturated carbocycles. The van der Waals surface area contributed by atoms with E-state index >= 15 is 0 Å². The van der Waals surface area contributed by atoms with Crippen LogP contribution in [0.2, 0.25) is 0 Å². The summed E-state index contributed by atoms with van der Waals surface area (Å²) in [6.45, 7) is 2.01. The zero-order valence-electron chi connectivity index (χ0n) is 14.4. The lowest BCUT2D eigenvalue weighted by molar-refractivity contribution is -0.137. The average Bonchev–Trinajstić information content (AvgIpc) is 3.04. The van der Waals surface area contributed by atoms with Gasteiger partial charge in [0.15, 0.2) is 5.65 Å². The largest absolute Gasteiger partial charge is 0.416 e. The Kier molecular flexibility index (Phi) is 5.02. The van der Waals surface area contributed by atoms with Crippen molar-refractivity contribution >= 4 is 11.6 Å². The minimum atomic E-state index is -4.40. The highest BCUT2D eigenvalue weighted by Crippen LogP contribution is 2.29. The van der Waals surface area contributed by atoms with Crippen LogP contribution >= 0.6 is 0 Å². The van der Waals surface area contributed by atoms with Crippen molar-refractivity contribution in [1.82, 2.24) is 19.9 Å². The van der Waals surface area contributed by atoms with E-state index in [1.807, 2.05) is 6.92 Å². The molecule has 0 fully saturated rings. The molecule has 0 spiro atoms. The number of alkyl halides is 3. The Morgan fingerprint density at radius 3 is 2.59 bits per heavy atom. The zero-order valence-corrected chi connectivity index (χ0v) is 14.4. The number of fused-ring (bicyclic) bond motifs is 1. The van der Waals surface area contributed by atoms with Gasteiger partial charge >= 0.3 is 6.18 Å². The van der Waals surface area contributed by atoms with E-state index < -0.39 is 17.6 Å². The van der Waals surface area contributed by atoms with Gasteiger partial charge in [0.1, 0.15) is 5.56 Å². The molecule has 0 unspecified atom stereocenters. The number of benzene rings is 1. The third-order valence-corrected chi connectivity index (χ3v) is 4.04. The SMILES string of the molecule is CCCc1cc(=O)n2[nH]cc(C(=O)NCc3ccc(C(F)(F)F)cc3)c2n1. The second-order valence-corrected chi connectivity index (χ2v) is 6.06. The van der Waals surface area contributed by atoms with Gasteiger partial charge in [-0.2, -0.15) is 13.2 Å². The molecular weight excluding hydrogens is 361 g/mol. The summed E-state index contributed by atoms with van der Waals surface area (Å²) < 4.78 is 38.9. The number of H-pyrrole nitrogens is 1. The van der Waals surface area contributed by atoms with Gasteiger partial charge < -0.3 is 5.32 Å². The number of aromatic nitrogens is 3. The molecule has 0 aliphatic rings. The fraction of sp³-hybridized carbons (Fsp3) is 0.278. The van der Waals surface area contributed by atoms with Crippen molar-refractivity contribution in [3.05, 3.63) is 69.3 Å². The van der Waals surface area contributed by atoms with Crippen molar-refractivity contribution < 1.29 is 18.0 Å². The fourth-order valence-corrected chi connectivity index (χ4v) is 2.67. The van der Waals surface area contributed by atoms with E-state index in [1.54, 1.807) is 0 Å². The van der Waals surface area contributed by atoms with Crippen molar-refractivity contribution in [2.75, 3.05) is 0 Å². The maximum absolute atomic E-state index is 12.6. The highest BCUT2D eigenvalue weighted by molar-refractivity contribution is 5.99. The van der Waals surface area contributed by atoms with Gasteiger partial charge in [-0.15, -0.1) is 0 Å². The minimum Gasteiger partial charge on any atom is -0.348 e. The van der Waals surface area contributed by atoms with Gasteiger partial charge in [-0.25, -0.2) is 9.50 Å². The van der Waals surface area contributed by atoms with Gasteiger partial charge in [0.05, 0.1) is 5.56 Å². The Morgan fingerprint density at radius 2 is 1.96 bits per heavy atom. The number of rotatable bonds is 5. The topological polar surface area (TPSA) is 79.3 Å². The van der Waals surface area contributed by atoms with Crippen LogP contribution in [0.1, 0.15) is 40.5 Å². The maximum atomic E-state index is 12.6. The number of nitrogens with one attached hydrogen (secondary N) is 2. The molecule has 9 heteroatoms. The number of carbonyl (C=O) groups is 1. The maximum Gasteiger partial charge on any atom is 0.416 e. The summed E-state index contributed by atoms with van der Waals surface area (Å²) in [6.07, 6.45) is -1.60. The van der Waals surface area contributed by atoms with Crippen LogP contribution in [0.4, 0.5) is 13.2 Å². The van der Waals surface area contributed by atoms with Gasteiger partial charge in [0, 0.05) is 24.5 Å². The average molecular weight is 378 g/mol. The molecule has 0 aliphatic heterocycles. The first-order chi connectivity index (χ1) is 12.8. The third-order valence-electron chi connectivity index (χ3n) is 4.04. The highest BCUT2D eigenvalue weighted by atomic mass is 19.4. The Bertz CT molecular complexity index is 1020. The molecule has 2 N–H and O–H groups in total. The molecule has 3 aromatic rings. The van der Waals surface area contributed by atoms with Gasteiger partial charge in [0.25, 0.3) is 11.5 Å². The van der Waals surface area contributed by atoms with E-state index in [1.165, 1.54) is 28.9 Å². The molecule has 6 nitrogen and oxygen atoms in total. The molecule has 1 aromatic carbocycles. The lowest BCUT2D eigenvalue weighted by Gasteiger charge is -2.08. The molecule has 142 valence electrons. The van der Waals surface area contributed by atoms with Crippen molar-refractivity contribution in [3.8, 4) is 0 Å². The molecule has 0 bridgehead atoms. The number of nitrogens with zero attached hydrogens (tertiary/aromatic N) is 2. The van der Waals surface area contributed by atoms with E-state index in [0.717, 1.165) is 18.6 Å². The first kappa shape index (κ1) is 18.7. The minimum absolute atomic E-state index is 0.0488. The van der Waals surface area contributed by atoms with Crippen LogP contribution in [0.3, 0.4) is 0 Å².